The molecule has 2 N–H and O–H groups in total. The molecular weight excluding hydrogens is 596 g/mol. The fourth-order valence-corrected chi connectivity index (χ4v) is 4.23. The topological polar surface area (TPSA) is 148 Å². The number of imide groups is 2. The number of amides is 5. The Balaban J connectivity index is 1.48. The average Bonchev–Trinajstić information content (AvgIpc) is 2.88. The van der Waals surface area contributed by atoms with Gasteiger partial charge in [-0.25, -0.2) is 9.69 Å². The summed E-state index contributed by atoms with van der Waals surface area (Å²) in [5, 5.41) is 16.4. The standard InChI is InChI=1S/C26H18BrClN4O7/c1-14-5-7-16(11-21(14)28)29-23(33)13-39-22-8-6-15(10-20(22)27)9-19-24(34)30-26(36)31(25(19)35)17-3-2-4-18(12-17)32(37)38/h2-12H,13H2,1H3,(H,29,33)(H,30,34,36)/b19-9-. The number of ether oxygens (including phenoxy) is 1. The zero-order chi connectivity index (χ0) is 28.3. The predicted molar refractivity (Wildman–Crippen MR) is 147 cm³/mol. The molecule has 3 aromatic carbocycles. The highest BCUT2D eigenvalue weighted by atomic mass is 79.9. The summed E-state index contributed by atoms with van der Waals surface area (Å²) in [6.45, 7) is 1.54. The van der Waals surface area contributed by atoms with E-state index >= 15 is 0 Å². The van der Waals surface area contributed by atoms with Crippen molar-refractivity contribution in [1.29, 1.82) is 0 Å². The van der Waals surface area contributed by atoms with Crippen LogP contribution in [0.15, 0.2) is 70.7 Å². The average molecular weight is 614 g/mol. The first kappa shape index (κ1) is 27.5. The maximum Gasteiger partial charge on any atom is 0.335 e. The van der Waals surface area contributed by atoms with Gasteiger partial charge in [0.15, 0.2) is 6.61 Å². The van der Waals surface area contributed by atoms with Crippen LogP contribution in [0.25, 0.3) is 6.08 Å². The largest absolute Gasteiger partial charge is 0.483 e. The molecule has 1 saturated heterocycles. The third kappa shape index (κ3) is 6.30. The first-order valence-corrected chi connectivity index (χ1v) is 12.3. The maximum absolute atomic E-state index is 13.1. The van der Waals surface area contributed by atoms with Crippen molar-refractivity contribution in [3.05, 3.63) is 97.0 Å². The SMILES string of the molecule is Cc1ccc(NC(=O)COc2ccc(/C=C3/C(=O)NC(=O)N(c4cccc([N+](=O)[O-])c4)C3=O)cc2Br)cc1Cl. The van der Waals surface area contributed by atoms with Crippen molar-refractivity contribution in [1.82, 2.24) is 5.32 Å². The summed E-state index contributed by atoms with van der Waals surface area (Å²) in [4.78, 5) is 61.2. The maximum atomic E-state index is 13.1. The lowest BCUT2D eigenvalue weighted by Gasteiger charge is -2.26. The van der Waals surface area contributed by atoms with Gasteiger partial charge in [-0.15, -0.1) is 0 Å². The molecule has 0 atom stereocenters. The fourth-order valence-electron chi connectivity index (χ4n) is 3.54. The van der Waals surface area contributed by atoms with Crippen LogP contribution in [0.1, 0.15) is 11.1 Å². The third-order valence-electron chi connectivity index (χ3n) is 5.48. The second-order valence-electron chi connectivity index (χ2n) is 8.23. The smallest absolute Gasteiger partial charge is 0.335 e. The number of benzene rings is 3. The Morgan fingerprint density at radius 2 is 1.92 bits per heavy atom. The van der Waals surface area contributed by atoms with E-state index in [1.54, 1.807) is 30.3 Å². The van der Waals surface area contributed by atoms with Gasteiger partial charge in [-0.2, -0.15) is 0 Å². The molecule has 4 rings (SSSR count). The number of carbonyl (C=O) groups is 4. The second-order valence-corrected chi connectivity index (χ2v) is 9.49. The normalized spacial score (nSPS) is 14.3. The minimum Gasteiger partial charge on any atom is -0.483 e. The van der Waals surface area contributed by atoms with Crippen molar-refractivity contribution in [2.45, 2.75) is 6.92 Å². The minimum atomic E-state index is -1.03. The number of anilines is 2. The number of non-ortho nitro benzene ring substituents is 1. The van der Waals surface area contributed by atoms with E-state index in [2.05, 4.69) is 26.6 Å². The van der Waals surface area contributed by atoms with Crippen LogP contribution in [0.3, 0.4) is 0 Å². The van der Waals surface area contributed by atoms with Gasteiger partial charge in [0, 0.05) is 22.8 Å². The molecule has 1 fully saturated rings. The monoisotopic (exact) mass is 612 g/mol. The molecule has 0 radical (unpaired) electrons. The minimum absolute atomic E-state index is 0.0683. The molecule has 11 nitrogen and oxygen atoms in total. The van der Waals surface area contributed by atoms with Crippen LogP contribution >= 0.6 is 27.5 Å². The van der Waals surface area contributed by atoms with Crippen LogP contribution in [0, 0.1) is 17.0 Å². The van der Waals surface area contributed by atoms with Crippen molar-refractivity contribution in [3.8, 4) is 5.75 Å². The molecule has 13 heteroatoms. The molecule has 3 aromatic rings. The highest BCUT2D eigenvalue weighted by Gasteiger charge is 2.37. The second kappa shape index (κ2) is 11.5. The van der Waals surface area contributed by atoms with E-state index in [0.717, 1.165) is 11.6 Å². The number of nitrogens with one attached hydrogen (secondary N) is 2. The molecule has 0 spiro atoms. The van der Waals surface area contributed by atoms with Gasteiger partial charge in [-0.3, -0.25) is 29.8 Å². The van der Waals surface area contributed by atoms with E-state index in [-0.39, 0.29) is 23.6 Å². The molecular formula is C26H18BrClN4O7. The predicted octanol–water partition coefficient (Wildman–Crippen LogP) is 5.00. The number of nitrogens with zero attached hydrogens (tertiary/aromatic N) is 2. The van der Waals surface area contributed by atoms with Crippen molar-refractivity contribution < 1.29 is 28.8 Å². The Morgan fingerprint density at radius 3 is 2.62 bits per heavy atom. The summed E-state index contributed by atoms with van der Waals surface area (Å²) in [7, 11) is 0. The van der Waals surface area contributed by atoms with Gasteiger partial charge < -0.3 is 10.1 Å². The molecule has 198 valence electrons. The van der Waals surface area contributed by atoms with Crippen LogP contribution in [0.4, 0.5) is 21.9 Å². The number of barbiturate groups is 1. The fraction of sp³-hybridized carbons (Fsp3) is 0.0769. The number of nitro benzene ring substituents is 1. The van der Waals surface area contributed by atoms with E-state index in [9.17, 15) is 29.3 Å². The lowest BCUT2D eigenvalue weighted by atomic mass is 10.1. The summed E-state index contributed by atoms with van der Waals surface area (Å²) >= 11 is 9.41. The Kier molecular flexibility index (Phi) is 8.07. The van der Waals surface area contributed by atoms with Crippen LogP contribution in [-0.4, -0.2) is 35.3 Å². The zero-order valence-corrected chi connectivity index (χ0v) is 22.4. The molecule has 0 saturated carbocycles. The molecule has 5 amide bonds. The summed E-state index contributed by atoms with van der Waals surface area (Å²) in [6, 6.07) is 13.6. The van der Waals surface area contributed by atoms with Crippen LogP contribution < -0.4 is 20.3 Å². The van der Waals surface area contributed by atoms with Crippen LogP contribution in [-0.2, 0) is 14.4 Å². The van der Waals surface area contributed by atoms with Gasteiger partial charge in [0.1, 0.15) is 11.3 Å². The number of aryl methyl sites for hydroxylation is 1. The first-order chi connectivity index (χ1) is 18.5. The summed E-state index contributed by atoms with van der Waals surface area (Å²) in [5.41, 5.74) is 1.04. The zero-order valence-electron chi connectivity index (χ0n) is 20.1. The van der Waals surface area contributed by atoms with E-state index < -0.39 is 28.7 Å². The first-order valence-electron chi connectivity index (χ1n) is 11.2. The Bertz CT molecular complexity index is 1570. The molecule has 1 aliphatic heterocycles. The van der Waals surface area contributed by atoms with Gasteiger partial charge in [0.25, 0.3) is 23.4 Å². The van der Waals surface area contributed by atoms with E-state index in [0.29, 0.717) is 31.4 Å². The van der Waals surface area contributed by atoms with E-state index in [1.165, 1.54) is 30.3 Å². The van der Waals surface area contributed by atoms with Gasteiger partial charge in [0.05, 0.1) is 15.1 Å². The summed E-state index contributed by atoms with van der Waals surface area (Å²) in [6.07, 6.45) is 1.26. The van der Waals surface area contributed by atoms with Crippen molar-refractivity contribution in [3.63, 3.8) is 0 Å². The number of hydrogen-bond acceptors (Lipinski definition) is 7. The van der Waals surface area contributed by atoms with Gasteiger partial charge in [-0.1, -0.05) is 29.8 Å². The van der Waals surface area contributed by atoms with Crippen molar-refractivity contribution in [2.24, 2.45) is 0 Å². The molecule has 1 aliphatic rings. The lowest BCUT2D eigenvalue weighted by molar-refractivity contribution is -0.384. The number of rotatable bonds is 7. The molecule has 0 unspecified atom stereocenters. The van der Waals surface area contributed by atoms with Gasteiger partial charge in [-0.05, 0) is 70.4 Å². The lowest BCUT2D eigenvalue weighted by Crippen LogP contribution is -2.54. The van der Waals surface area contributed by atoms with E-state index in [4.69, 9.17) is 16.3 Å². The van der Waals surface area contributed by atoms with Gasteiger partial charge in [0.2, 0.25) is 0 Å². The van der Waals surface area contributed by atoms with Crippen molar-refractivity contribution >= 4 is 74.4 Å². The Hall–Kier alpha value is -4.55. The molecule has 0 aliphatic carbocycles. The van der Waals surface area contributed by atoms with Crippen LogP contribution in [0.5, 0.6) is 5.75 Å². The molecule has 39 heavy (non-hydrogen) atoms. The number of hydrogen-bond donors (Lipinski definition) is 2. The Labute approximate surface area is 234 Å². The Morgan fingerprint density at radius 1 is 1.15 bits per heavy atom. The highest BCUT2D eigenvalue weighted by Crippen LogP contribution is 2.29. The summed E-state index contributed by atoms with van der Waals surface area (Å²) in [5.74, 6) is -1.96. The molecule has 0 aromatic heterocycles. The number of urea groups is 1. The molecule has 0 bridgehead atoms. The number of halogens is 2. The number of nitro groups is 1. The van der Waals surface area contributed by atoms with Crippen molar-refractivity contribution in [2.75, 3.05) is 16.8 Å². The third-order valence-corrected chi connectivity index (χ3v) is 6.51. The highest BCUT2D eigenvalue weighted by molar-refractivity contribution is 9.10. The quantitative estimate of drug-likeness (QED) is 0.165. The van der Waals surface area contributed by atoms with Gasteiger partial charge >= 0.3 is 6.03 Å². The number of carbonyl (C=O) groups excluding carboxylic acids is 4. The van der Waals surface area contributed by atoms with E-state index in [1.807, 2.05) is 6.92 Å². The van der Waals surface area contributed by atoms with Crippen LogP contribution in [0.2, 0.25) is 5.02 Å². The molecule has 1 heterocycles. The summed E-state index contributed by atoms with van der Waals surface area (Å²) < 4.78 is 5.99.